The van der Waals surface area contributed by atoms with Crippen LogP contribution >= 0.6 is 0 Å². The van der Waals surface area contributed by atoms with Crippen LogP contribution in [0.4, 0.5) is 4.39 Å². The Morgan fingerprint density at radius 3 is 2.38 bits per heavy atom. The predicted octanol–water partition coefficient (Wildman–Crippen LogP) is 2.52. The number of nitrogens with zero attached hydrogens (tertiary/aromatic N) is 1. The molecule has 0 heterocycles. The van der Waals surface area contributed by atoms with Crippen molar-refractivity contribution in [1.29, 1.82) is 0 Å². The van der Waals surface area contributed by atoms with Crippen LogP contribution in [0.5, 0.6) is 0 Å². The number of benzene rings is 2. The van der Waals surface area contributed by atoms with Crippen LogP contribution in [0.2, 0.25) is 0 Å². The van der Waals surface area contributed by atoms with Gasteiger partial charge in [-0.15, -0.1) is 0 Å². The van der Waals surface area contributed by atoms with Crippen molar-refractivity contribution in [3.63, 3.8) is 0 Å². The Morgan fingerprint density at radius 1 is 1.10 bits per heavy atom. The normalized spacial score (nSPS) is 15.8. The van der Waals surface area contributed by atoms with Crippen LogP contribution in [-0.4, -0.2) is 34.5 Å². The zero-order valence-corrected chi connectivity index (χ0v) is 17.5. The smallest absolute Gasteiger partial charge is 0.240 e. The second-order valence-electron chi connectivity index (χ2n) is 7.16. The van der Waals surface area contributed by atoms with Gasteiger partial charge in [-0.2, -0.15) is 0 Å². The van der Waals surface area contributed by atoms with Crippen molar-refractivity contribution in [1.82, 2.24) is 15.4 Å². The lowest BCUT2D eigenvalue weighted by molar-refractivity contribution is 0.559. The van der Waals surface area contributed by atoms with Gasteiger partial charge in [-0.3, -0.25) is 0 Å². The highest BCUT2D eigenvalue weighted by Crippen LogP contribution is 2.48. The monoisotopic (exact) mass is 418 g/mol. The standard InChI is InChI=1S/C21H27FN4O2S/c1-3-24-20(25-14-16-8-10-17(11-9-16)29(27,28)23-2)26-15-21(12-13-21)18-6-4-5-7-19(18)22/h4-11,23H,3,12-15H2,1-2H3,(H2,24,25,26). The van der Waals surface area contributed by atoms with E-state index in [0.29, 0.717) is 25.6 Å². The third kappa shape index (κ3) is 5.13. The van der Waals surface area contributed by atoms with Crippen molar-refractivity contribution in [2.75, 3.05) is 20.1 Å². The van der Waals surface area contributed by atoms with E-state index in [1.165, 1.54) is 13.1 Å². The third-order valence-corrected chi connectivity index (χ3v) is 6.59. The number of aliphatic imine (C=N–C) groups is 1. The average molecular weight is 419 g/mol. The van der Waals surface area contributed by atoms with E-state index in [1.807, 2.05) is 19.1 Å². The summed E-state index contributed by atoms with van der Waals surface area (Å²) in [4.78, 5) is 4.80. The number of hydrogen-bond donors (Lipinski definition) is 3. The van der Waals surface area contributed by atoms with Crippen molar-refractivity contribution in [2.24, 2.45) is 4.99 Å². The van der Waals surface area contributed by atoms with Crippen molar-refractivity contribution >= 4 is 16.0 Å². The van der Waals surface area contributed by atoms with E-state index in [9.17, 15) is 12.8 Å². The minimum Gasteiger partial charge on any atom is -0.357 e. The van der Waals surface area contributed by atoms with Gasteiger partial charge in [-0.1, -0.05) is 30.3 Å². The molecule has 1 fully saturated rings. The summed E-state index contributed by atoms with van der Waals surface area (Å²) >= 11 is 0. The Morgan fingerprint density at radius 2 is 1.79 bits per heavy atom. The number of nitrogens with one attached hydrogen (secondary N) is 3. The van der Waals surface area contributed by atoms with Crippen LogP contribution in [0.15, 0.2) is 58.4 Å². The molecule has 156 valence electrons. The maximum Gasteiger partial charge on any atom is 0.240 e. The van der Waals surface area contributed by atoms with E-state index in [4.69, 9.17) is 0 Å². The lowest BCUT2D eigenvalue weighted by Gasteiger charge is -2.19. The molecule has 0 saturated heterocycles. The summed E-state index contributed by atoms with van der Waals surface area (Å²) in [6, 6.07) is 13.6. The molecule has 3 N–H and O–H groups in total. The van der Waals surface area contributed by atoms with Crippen LogP contribution in [0, 0.1) is 5.82 Å². The highest BCUT2D eigenvalue weighted by molar-refractivity contribution is 7.89. The Kier molecular flexibility index (Phi) is 6.54. The summed E-state index contributed by atoms with van der Waals surface area (Å²) in [5.41, 5.74) is 1.47. The highest BCUT2D eigenvalue weighted by atomic mass is 32.2. The van der Waals surface area contributed by atoms with Crippen molar-refractivity contribution in [3.05, 3.63) is 65.5 Å². The molecule has 0 aliphatic heterocycles. The Bertz CT molecular complexity index is 970. The van der Waals surface area contributed by atoms with Gasteiger partial charge in [0.2, 0.25) is 10.0 Å². The molecule has 1 aliphatic carbocycles. The quantitative estimate of drug-likeness (QED) is 0.454. The van der Waals surface area contributed by atoms with Crippen molar-refractivity contribution in [3.8, 4) is 0 Å². The van der Waals surface area contributed by atoms with Crippen LogP contribution in [0.25, 0.3) is 0 Å². The first-order valence-electron chi connectivity index (χ1n) is 9.70. The molecule has 0 aromatic heterocycles. The van der Waals surface area contributed by atoms with Crippen LogP contribution in [0.3, 0.4) is 0 Å². The molecule has 8 heteroatoms. The molecular formula is C21H27FN4O2S. The molecule has 1 aliphatic rings. The SMILES string of the molecule is CCNC(=NCc1ccc(S(=O)(=O)NC)cc1)NCC1(c2ccccc2F)CC1. The Hall–Kier alpha value is -2.45. The second-order valence-corrected chi connectivity index (χ2v) is 9.05. The zero-order valence-electron chi connectivity index (χ0n) is 16.7. The van der Waals surface area contributed by atoms with Crippen LogP contribution in [-0.2, 0) is 22.0 Å². The average Bonchev–Trinajstić information content (AvgIpc) is 3.51. The van der Waals surface area contributed by atoms with E-state index < -0.39 is 10.0 Å². The van der Waals surface area contributed by atoms with Crippen molar-refractivity contribution < 1.29 is 12.8 Å². The minimum absolute atomic E-state index is 0.162. The summed E-state index contributed by atoms with van der Waals surface area (Å²) in [6.07, 6.45) is 1.89. The molecule has 0 amide bonds. The molecule has 6 nitrogen and oxygen atoms in total. The number of hydrogen-bond acceptors (Lipinski definition) is 3. The second kappa shape index (κ2) is 8.92. The van der Waals surface area contributed by atoms with Crippen molar-refractivity contribution in [2.45, 2.75) is 36.6 Å². The summed E-state index contributed by atoms with van der Waals surface area (Å²) in [6.45, 7) is 3.71. The van der Waals surface area contributed by atoms with Gasteiger partial charge in [0, 0.05) is 18.5 Å². The molecule has 0 spiro atoms. The van der Waals surface area contributed by atoms with Crippen LogP contribution < -0.4 is 15.4 Å². The highest BCUT2D eigenvalue weighted by Gasteiger charge is 2.45. The maximum absolute atomic E-state index is 14.2. The topological polar surface area (TPSA) is 82.6 Å². The third-order valence-electron chi connectivity index (χ3n) is 5.16. The van der Waals surface area contributed by atoms with E-state index in [1.54, 1.807) is 30.3 Å². The number of rotatable bonds is 8. The van der Waals surface area contributed by atoms with Gasteiger partial charge < -0.3 is 10.6 Å². The summed E-state index contributed by atoms with van der Waals surface area (Å²) in [5.74, 6) is 0.493. The van der Waals surface area contributed by atoms with Gasteiger partial charge in [0.05, 0.1) is 11.4 Å². The lowest BCUT2D eigenvalue weighted by atomic mass is 9.95. The molecule has 3 rings (SSSR count). The fraction of sp³-hybridized carbons (Fsp3) is 0.381. The molecule has 0 atom stereocenters. The molecule has 2 aromatic rings. The fourth-order valence-electron chi connectivity index (χ4n) is 3.24. The van der Waals surface area contributed by atoms with Gasteiger partial charge >= 0.3 is 0 Å². The maximum atomic E-state index is 14.2. The molecule has 29 heavy (non-hydrogen) atoms. The van der Waals surface area contributed by atoms with Gasteiger partial charge in [-0.05, 0) is 56.1 Å². The Labute approximate surface area is 171 Å². The number of guanidine groups is 1. The van der Waals surface area contributed by atoms with Gasteiger partial charge in [0.25, 0.3) is 0 Å². The van der Waals surface area contributed by atoms with Gasteiger partial charge in [0.1, 0.15) is 5.82 Å². The van der Waals surface area contributed by atoms with E-state index in [-0.39, 0.29) is 16.1 Å². The summed E-state index contributed by atoms with van der Waals surface area (Å²) in [7, 11) is -2.06. The minimum atomic E-state index is -3.44. The summed E-state index contributed by atoms with van der Waals surface area (Å²) in [5, 5.41) is 6.53. The van der Waals surface area contributed by atoms with E-state index in [0.717, 1.165) is 24.0 Å². The first-order valence-corrected chi connectivity index (χ1v) is 11.2. The van der Waals surface area contributed by atoms with E-state index >= 15 is 0 Å². The Balaban J connectivity index is 1.65. The fourth-order valence-corrected chi connectivity index (χ4v) is 3.97. The molecular weight excluding hydrogens is 391 g/mol. The molecule has 0 unspecified atom stereocenters. The van der Waals surface area contributed by atoms with E-state index in [2.05, 4.69) is 20.3 Å². The lowest BCUT2D eigenvalue weighted by Crippen LogP contribution is -2.41. The van der Waals surface area contributed by atoms with Gasteiger partial charge in [0.15, 0.2) is 5.96 Å². The van der Waals surface area contributed by atoms with Gasteiger partial charge in [-0.25, -0.2) is 22.5 Å². The number of halogens is 1. The molecule has 2 aromatic carbocycles. The predicted molar refractivity (Wildman–Crippen MR) is 113 cm³/mol. The summed E-state index contributed by atoms with van der Waals surface area (Å²) < 4.78 is 40.1. The molecule has 0 radical (unpaired) electrons. The van der Waals surface area contributed by atoms with Crippen LogP contribution in [0.1, 0.15) is 30.9 Å². The first-order chi connectivity index (χ1) is 13.9. The molecule has 1 saturated carbocycles. The zero-order chi connectivity index (χ0) is 20.9. The molecule has 0 bridgehead atoms. The largest absolute Gasteiger partial charge is 0.357 e. The number of sulfonamides is 1. The first kappa shape index (κ1) is 21.3.